The van der Waals surface area contributed by atoms with Crippen LogP contribution in [0.2, 0.25) is 10.0 Å². The van der Waals surface area contributed by atoms with E-state index in [1.807, 2.05) is 34.9 Å². The number of benzene rings is 1. The van der Waals surface area contributed by atoms with Crippen molar-refractivity contribution in [3.05, 3.63) is 98.6 Å². The minimum atomic E-state index is -0.633. The van der Waals surface area contributed by atoms with E-state index in [0.717, 1.165) is 5.56 Å². The van der Waals surface area contributed by atoms with E-state index < -0.39 is 17.4 Å². The summed E-state index contributed by atoms with van der Waals surface area (Å²) in [5.41, 5.74) is 1.11. The molecule has 5 rings (SSSR count). The Balaban J connectivity index is 1.31. The van der Waals surface area contributed by atoms with Gasteiger partial charge in [0.25, 0.3) is 5.91 Å². The van der Waals surface area contributed by atoms with E-state index in [4.69, 9.17) is 27.9 Å². The van der Waals surface area contributed by atoms with Crippen LogP contribution in [0.15, 0.2) is 72.0 Å². The molecule has 200 valence electrons. The van der Waals surface area contributed by atoms with Gasteiger partial charge in [-0.3, -0.25) is 14.6 Å². The zero-order valence-corrected chi connectivity index (χ0v) is 22.3. The fourth-order valence-electron chi connectivity index (χ4n) is 4.77. The monoisotopic (exact) mass is 565 g/mol. The molecular weight excluding hydrogens is 541 g/mol. The number of carbonyl (C=O) groups is 2. The van der Waals surface area contributed by atoms with Gasteiger partial charge in [0.05, 0.1) is 21.1 Å². The van der Waals surface area contributed by atoms with Crippen LogP contribution in [0, 0.1) is 0 Å². The second-order valence-electron chi connectivity index (χ2n) is 9.30. The number of pyridine rings is 3. The summed E-state index contributed by atoms with van der Waals surface area (Å²) in [6.07, 6.45) is 8.25. The standard InChI is InChI=1S/C28H25Cl2N5O4/c29-22-13-31-14-23(30)24(22)34-27(37)21-15-35(26-20(25(21)36)7-4-12-32-26)19-10-8-18(9-11-19)33-28(38)39-16-17-5-2-1-3-6-17/h1-7,12-15,18-19H,8-11,16H2,(H,33,38)(H,31,34,37). The van der Waals surface area contributed by atoms with E-state index in [-0.39, 0.29) is 40.0 Å². The van der Waals surface area contributed by atoms with Gasteiger partial charge in [-0.05, 0) is 43.4 Å². The van der Waals surface area contributed by atoms with Crippen molar-refractivity contribution in [3.63, 3.8) is 0 Å². The van der Waals surface area contributed by atoms with Gasteiger partial charge >= 0.3 is 6.09 Å². The zero-order chi connectivity index (χ0) is 27.4. The maximum atomic E-state index is 13.2. The zero-order valence-electron chi connectivity index (χ0n) is 20.8. The van der Waals surface area contributed by atoms with Crippen LogP contribution in [0.4, 0.5) is 10.5 Å². The Morgan fingerprint density at radius 1 is 1.00 bits per heavy atom. The number of rotatable bonds is 6. The van der Waals surface area contributed by atoms with E-state index in [0.29, 0.717) is 36.7 Å². The number of ether oxygens (including phenoxy) is 1. The lowest BCUT2D eigenvalue weighted by atomic mass is 9.90. The highest BCUT2D eigenvalue weighted by molar-refractivity contribution is 6.39. The number of anilines is 1. The second-order valence-corrected chi connectivity index (χ2v) is 10.1. The third-order valence-electron chi connectivity index (χ3n) is 6.75. The predicted octanol–water partition coefficient (Wildman–Crippen LogP) is 5.76. The molecule has 4 aromatic rings. The smallest absolute Gasteiger partial charge is 0.407 e. The van der Waals surface area contributed by atoms with Crippen molar-refractivity contribution < 1.29 is 14.3 Å². The first-order valence-electron chi connectivity index (χ1n) is 12.5. The molecule has 0 saturated heterocycles. The van der Waals surface area contributed by atoms with Gasteiger partial charge in [0, 0.05) is 36.9 Å². The number of alkyl carbamates (subject to hydrolysis) is 1. The van der Waals surface area contributed by atoms with Crippen molar-refractivity contribution in [1.29, 1.82) is 0 Å². The number of fused-ring (bicyclic) bond motifs is 1. The van der Waals surface area contributed by atoms with Crippen LogP contribution < -0.4 is 16.1 Å². The van der Waals surface area contributed by atoms with Crippen molar-refractivity contribution >= 4 is 51.9 Å². The highest BCUT2D eigenvalue weighted by atomic mass is 35.5. The van der Waals surface area contributed by atoms with Gasteiger partial charge in [-0.1, -0.05) is 53.5 Å². The summed E-state index contributed by atoms with van der Waals surface area (Å²) >= 11 is 12.3. The number of carbonyl (C=O) groups excluding carboxylic acids is 2. The number of nitrogens with zero attached hydrogens (tertiary/aromatic N) is 3. The van der Waals surface area contributed by atoms with Crippen LogP contribution in [-0.2, 0) is 11.3 Å². The van der Waals surface area contributed by atoms with Crippen LogP contribution in [0.25, 0.3) is 11.0 Å². The lowest BCUT2D eigenvalue weighted by molar-refractivity contribution is 0.102. The molecule has 3 aromatic heterocycles. The summed E-state index contributed by atoms with van der Waals surface area (Å²) in [6.45, 7) is 0.206. The Labute approximate surface area is 234 Å². The van der Waals surface area contributed by atoms with Crippen molar-refractivity contribution in [2.75, 3.05) is 5.32 Å². The molecule has 0 spiro atoms. The van der Waals surface area contributed by atoms with Gasteiger partial charge in [0.15, 0.2) is 0 Å². The summed E-state index contributed by atoms with van der Waals surface area (Å²) in [4.78, 5) is 47.1. The molecule has 1 aliphatic rings. The maximum absolute atomic E-state index is 13.2. The maximum Gasteiger partial charge on any atom is 0.407 e. The predicted molar refractivity (Wildman–Crippen MR) is 149 cm³/mol. The summed E-state index contributed by atoms with van der Waals surface area (Å²) < 4.78 is 7.23. The lowest BCUT2D eigenvalue weighted by Crippen LogP contribution is -2.38. The second kappa shape index (κ2) is 11.8. The molecule has 1 aromatic carbocycles. The van der Waals surface area contributed by atoms with Crippen LogP contribution >= 0.6 is 23.2 Å². The Kier molecular flexibility index (Phi) is 8.09. The Morgan fingerprint density at radius 2 is 1.72 bits per heavy atom. The first-order valence-corrected chi connectivity index (χ1v) is 13.2. The lowest BCUT2D eigenvalue weighted by Gasteiger charge is -2.31. The number of nitrogens with one attached hydrogen (secondary N) is 2. The number of amides is 2. The van der Waals surface area contributed by atoms with Gasteiger partial charge in [-0.15, -0.1) is 0 Å². The molecular formula is C28H25Cl2N5O4. The number of hydrogen-bond donors (Lipinski definition) is 2. The quantitative estimate of drug-likeness (QED) is 0.307. The molecule has 0 unspecified atom stereocenters. The number of hydrogen-bond acceptors (Lipinski definition) is 6. The molecule has 3 heterocycles. The molecule has 11 heteroatoms. The van der Waals surface area contributed by atoms with Gasteiger partial charge in [0.1, 0.15) is 17.8 Å². The Morgan fingerprint density at radius 3 is 2.44 bits per heavy atom. The molecule has 0 atom stereocenters. The van der Waals surface area contributed by atoms with Crippen molar-refractivity contribution in [2.24, 2.45) is 0 Å². The van der Waals surface area contributed by atoms with Gasteiger partial charge in [-0.2, -0.15) is 0 Å². The molecule has 1 aliphatic carbocycles. The summed E-state index contributed by atoms with van der Waals surface area (Å²) in [5.74, 6) is -0.633. The van der Waals surface area contributed by atoms with Crippen molar-refractivity contribution in [3.8, 4) is 0 Å². The first kappa shape index (κ1) is 26.6. The van der Waals surface area contributed by atoms with E-state index >= 15 is 0 Å². The number of halogens is 2. The average molecular weight is 566 g/mol. The highest BCUT2D eigenvalue weighted by Gasteiger charge is 2.27. The number of aromatic nitrogens is 3. The van der Waals surface area contributed by atoms with Gasteiger partial charge in [-0.25, -0.2) is 9.78 Å². The highest BCUT2D eigenvalue weighted by Crippen LogP contribution is 2.32. The molecule has 0 bridgehead atoms. The Hall–Kier alpha value is -3.95. The third kappa shape index (κ3) is 6.05. The summed E-state index contributed by atoms with van der Waals surface area (Å²) in [6, 6.07) is 12.7. The molecule has 1 fully saturated rings. The molecule has 39 heavy (non-hydrogen) atoms. The van der Waals surface area contributed by atoms with Gasteiger partial charge < -0.3 is 19.9 Å². The van der Waals surface area contributed by atoms with Crippen LogP contribution in [0.5, 0.6) is 0 Å². The van der Waals surface area contributed by atoms with Crippen molar-refractivity contribution in [2.45, 2.75) is 44.4 Å². The molecule has 0 radical (unpaired) electrons. The first-order chi connectivity index (χ1) is 18.9. The van der Waals surface area contributed by atoms with Crippen LogP contribution in [-0.4, -0.2) is 32.6 Å². The van der Waals surface area contributed by atoms with Gasteiger partial charge in [0.2, 0.25) is 5.43 Å². The minimum Gasteiger partial charge on any atom is -0.445 e. The van der Waals surface area contributed by atoms with Crippen LogP contribution in [0.3, 0.4) is 0 Å². The summed E-state index contributed by atoms with van der Waals surface area (Å²) in [5, 5.41) is 6.24. The topological polar surface area (TPSA) is 115 Å². The fraction of sp³-hybridized carbons (Fsp3) is 0.250. The molecule has 1 saturated carbocycles. The van der Waals surface area contributed by atoms with E-state index in [9.17, 15) is 14.4 Å². The van der Waals surface area contributed by atoms with E-state index in [1.165, 1.54) is 12.4 Å². The van der Waals surface area contributed by atoms with E-state index in [1.54, 1.807) is 24.5 Å². The molecule has 2 amide bonds. The Bertz CT molecular complexity index is 1550. The molecule has 2 N–H and O–H groups in total. The third-order valence-corrected chi connectivity index (χ3v) is 7.32. The van der Waals surface area contributed by atoms with Crippen molar-refractivity contribution in [1.82, 2.24) is 19.9 Å². The van der Waals surface area contributed by atoms with Crippen LogP contribution in [0.1, 0.15) is 47.6 Å². The largest absolute Gasteiger partial charge is 0.445 e. The normalized spacial score (nSPS) is 17.0. The molecule has 9 nitrogen and oxygen atoms in total. The minimum absolute atomic E-state index is 0.0268. The average Bonchev–Trinajstić information content (AvgIpc) is 2.95. The SMILES string of the molecule is O=C(NC1CCC(n2cc(C(=O)Nc3c(Cl)cncc3Cl)c(=O)c3cccnc32)CC1)OCc1ccccc1. The molecule has 0 aliphatic heterocycles. The van der Waals surface area contributed by atoms with E-state index in [2.05, 4.69) is 20.6 Å². The fourth-order valence-corrected chi connectivity index (χ4v) is 5.22. The summed E-state index contributed by atoms with van der Waals surface area (Å²) in [7, 11) is 0.